The summed E-state index contributed by atoms with van der Waals surface area (Å²) in [4.78, 5) is 43.9. The molecule has 138 valence electrons. The van der Waals surface area contributed by atoms with E-state index in [1.165, 1.54) is 12.3 Å². The van der Waals surface area contributed by atoms with Crippen LogP contribution in [0.5, 0.6) is 0 Å². The summed E-state index contributed by atoms with van der Waals surface area (Å²) >= 11 is 0. The van der Waals surface area contributed by atoms with Crippen LogP contribution in [-0.4, -0.2) is 51.5 Å². The Kier molecular flexibility index (Phi) is 3.48. The Labute approximate surface area is 155 Å². The number of benzene rings is 1. The van der Waals surface area contributed by atoms with Crippen LogP contribution in [0.4, 0.5) is 0 Å². The summed E-state index contributed by atoms with van der Waals surface area (Å²) in [5.74, 6) is -0.356. The lowest BCUT2D eigenvalue weighted by molar-refractivity contribution is -0.138. The molecule has 4 heterocycles. The molecule has 27 heavy (non-hydrogen) atoms. The van der Waals surface area contributed by atoms with Gasteiger partial charge < -0.3 is 19.5 Å². The van der Waals surface area contributed by atoms with Crippen molar-refractivity contribution in [2.75, 3.05) is 13.2 Å². The predicted molar refractivity (Wildman–Crippen MR) is 95.8 cm³/mol. The first-order valence-corrected chi connectivity index (χ1v) is 9.11. The molecule has 2 aromatic rings. The van der Waals surface area contributed by atoms with Gasteiger partial charge in [0, 0.05) is 19.2 Å². The van der Waals surface area contributed by atoms with E-state index in [4.69, 9.17) is 4.74 Å². The van der Waals surface area contributed by atoms with E-state index in [9.17, 15) is 14.4 Å². The molecular formula is C20H19N3O4. The first-order valence-electron chi connectivity index (χ1n) is 9.11. The summed E-state index contributed by atoms with van der Waals surface area (Å²) < 4.78 is 6.20. The molecule has 1 aromatic carbocycles. The van der Waals surface area contributed by atoms with Gasteiger partial charge in [-0.15, -0.1) is 0 Å². The summed E-state index contributed by atoms with van der Waals surface area (Å²) in [6, 6.07) is 12.5. The van der Waals surface area contributed by atoms with Crippen molar-refractivity contribution >= 4 is 11.8 Å². The molecular weight excluding hydrogens is 346 g/mol. The number of hydrogen-bond donors (Lipinski definition) is 1. The zero-order valence-corrected chi connectivity index (χ0v) is 14.6. The largest absolute Gasteiger partial charge is 0.351 e. The summed E-state index contributed by atoms with van der Waals surface area (Å²) in [6.07, 6.45) is 2.28. The number of likely N-dealkylation sites (tertiary alicyclic amines) is 1. The van der Waals surface area contributed by atoms with E-state index < -0.39 is 11.3 Å². The number of pyridine rings is 1. The molecule has 0 saturated carbocycles. The average molecular weight is 365 g/mol. The van der Waals surface area contributed by atoms with Gasteiger partial charge in [0.1, 0.15) is 5.56 Å². The first-order chi connectivity index (χ1) is 13.1. The van der Waals surface area contributed by atoms with Gasteiger partial charge >= 0.3 is 0 Å². The van der Waals surface area contributed by atoms with Crippen LogP contribution in [0.25, 0.3) is 0 Å². The third-order valence-corrected chi connectivity index (χ3v) is 5.95. The molecule has 3 fully saturated rings. The van der Waals surface area contributed by atoms with Crippen LogP contribution >= 0.6 is 0 Å². The van der Waals surface area contributed by atoms with Crippen LogP contribution < -0.4 is 5.56 Å². The van der Waals surface area contributed by atoms with Gasteiger partial charge in [-0.3, -0.25) is 14.4 Å². The topological polar surface area (TPSA) is 82.7 Å². The Morgan fingerprint density at radius 1 is 1.15 bits per heavy atom. The van der Waals surface area contributed by atoms with Crippen LogP contribution in [0.15, 0.2) is 53.5 Å². The second kappa shape index (κ2) is 5.79. The molecule has 3 saturated heterocycles. The van der Waals surface area contributed by atoms with Gasteiger partial charge in [-0.25, -0.2) is 0 Å². The lowest BCUT2D eigenvalue weighted by Crippen LogP contribution is -2.49. The van der Waals surface area contributed by atoms with Crippen molar-refractivity contribution in [2.24, 2.45) is 0 Å². The molecule has 3 atom stereocenters. The van der Waals surface area contributed by atoms with Crippen molar-refractivity contribution in [3.05, 3.63) is 70.1 Å². The van der Waals surface area contributed by atoms with Crippen molar-refractivity contribution in [1.82, 2.24) is 14.8 Å². The fourth-order valence-corrected chi connectivity index (χ4v) is 4.75. The monoisotopic (exact) mass is 365 g/mol. The van der Waals surface area contributed by atoms with E-state index in [1.54, 1.807) is 11.0 Å². The average Bonchev–Trinajstić information content (AvgIpc) is 3.31. The minimum atomic E-state index is -0.783. The van der Waals surface area contributed by atoms with E-state index in [1.807, 2.05) is 35.2 Å². The molecule has 7 nitrogen and oxygen atoms in total. The van der Waals surface area contributed by atoms with Crippen molar-refractivity contribution in [3.63, 3.8) is 0 Å². The number of ether oxygens (including phenoxy) is 1. The number of aromatic nitrogens is 1. The third-order valence-electron chi connectivity index (χ3n) is 5.95. The summed E-state index contributed by atoms with van der Waals surface area (Å²) in [7, 11) is 0. The molecule has 0 unspecified atom stereocenters. The Balaban J connectivity index is 1.49. The Hall–Kier alpha value is -2.93. The van der Waals surface area contributed by atoms with Gasteiger partial charge in [0.2, 0.25) is 5.91 Å². The van der Waals surface area contributed by atoms with Crippen molar-refractivity contribution in [3.8, 4) is 0 Å². The molecule has 0 radical (unpaired) electrons. The maximum atomic E-state index is 13.0. The highest BCUT2D eigenvalue weighted by molar-refractivity contribution is 5.95. The molecule has 5 rings (SSSR count). The standard InChI is InChI=1S/C20H19N3O4/c24-17-11-16-20(23(17)15(12-27-20)13-5-2-1-3-6-13)8-10-22(16)19(26)14-7-4-9-21-18(14)25/h1-7,9,15-16H,8,10-12H2,(H,21,25)/t15-,16+,20-/m0/s1. The van der Waals surface area contributed by atoms with Crippen molar-refractivity contribution in [1.29, 1.82) is 0 Å². The predicted octanol–water partition coefficient (Wildman–Crippen LogP) is 1.29. The Morgan fingerprint density at radius 3 is 2.74 bits per heavy atom. The molecule has 7 heteroatoms. The maximum Gasteiger partial charge on any atom is 0.260 e. The SMILES string of the molecule is O=C(c1ccc[nH]c1=O)N1CC[C@@]23OC[C@@H](c4ccccc4)N2C(=O)C[C@@H]13. The first kappa shape index (κ1) is 16.3. The number of carbonyl (C=O) groups excluding carboxylic acids is 2. The minimum Gasteiger partial charge on any atom is -0.351 e. The van der Waals surface area contributed by atoms with Crippen LogP contribution in [0, 0.1) is 0 Å². The van der Waals surface area contributed by atoms with Gasteiger partial charge in [-0.2, -0.15) is 0 Å². The highest BCUT2D eigenvalue weighted by atomic mass is 16.5. The van der Waals surface area contributed by atoms with Crippen LogP contribution in [0.1, 0.15) is 34.8 Å². The molecule has 1 spiro atoms. The van der Waals surface area contributed by atoms with E-state index in [0.29, 0.717) is 19.6 Å². The van der Waals surface area contributed by atoms with Crippen LogP contribution in [0.2, 0.25) is 0 Å². The summed E-state index contributed by atoms with van der Waals surface area (Å²) in [5, 5.41) is 0. The molecule has 0 aliphatic carbocycles. The summed E-state index contributed by atoms with van der Waals surface area (Å²) in [6.45, 7) is 0.878. The number of carbonyl (C=O) groups is 2. The number of amides is 2. The smallest absolute Gasteiger partial charge is 0.260 e. The fourth-order valence-electron chi connectivity index (χ4n) is 4.75. The van der Waals surface area contributed by atoms with E-state index >= 15 is 0 Å². The Bertz CT molecular complexity index is 972. The lowest BCUT2D eigenvalue weighted by atomic mass is 10.0. The number of H-pyrrole nitrogens is 1. The van der Waals surface area contributed by atoms with Gasteiger partial charge in [-0.1, -0.05) is 30.3 Å². The zero-order chi connectivity index (χ0) is 18.6. The molecule has 1 N–H and O–H groups in total. The minimum absolute atomic E-state index is 0.00850. The number of nitrogens with zero attached hydrogens (tertiary/aromatic N) is 2. The highest BCUT2D eigenvalue weighted by Gasteiger charge is 2.65. The van der Waals surface area contributed by atoms with Gasteiger partial charge in [0.25, 0.3) is 11.5 Å². The molecule has 3 aliphatic heterocycles. The highest BCUT2D eigenvalue weighted by Crippen LogP contribution is 2.51. The van der Waals surface area contributed by atoms with E-state index in [-0.39, 0.29) is 35.9 Å². The summed E-state index contributed by atoms with van der Waals surface area (Å²) in [5.41, 5.74) is -0.0701. The molecule has 1 aromatic heterocycles. The second-order valence-corrected chi connectivity index (χ2v) is 7.23. The quantitative estimate of drug-likeness (QED) is 0.869. The van der Waals surface area contributed by atoms with Crippen LogP contribution in [-0.2, 0) is 9.53 Å². The maximum absolute atomic E-state index is 13.0. The Morgan fingerprint density at radius 2 is 1.96 bits per heavy atom. The van der Waals surface area contributed by atoms with Gasteiger partial charge in [0.15, 0.2) is 5.72 Å². The van der Waals surface area contributed by atoms with E-state index in [2.05, 4.69) is 4.98 Å². The number of nitrogens with one attached hydrogen (secondary N) is 1. The van der Waals surface area contributed by atoms with Crippen LogP contribution in [0.3, 0.4) is 0 Å². The third kappa shape index (κ3) is 2.21. The fraction of sp³-hybridized carbons (Fsp3) is 0.350. The number of hydrogen-bond acceptors (Lipinski definition) is 4. The van der Waals surface area contributed by atoms with Gasteiger partial charge in [0.05, 0.1) is 25.1 Å². The number of rotatable bonds is 2. The normalized spacial score (nSPS) is 29.1. The molecule has 3 aliphatic rings. The lowest BCUT2D eigenvalue weighted by Gasteiger charge is -2.33. The van der Waals surface area contributed by atoms with Crippen molar-refractivity contribution < 1.29 is 14.3 Å². The second-order valence-electron chi connectivity index (χ2n) is 7.23. The number of aromatic amines is 1. The van der Waals surface area contributed by atoms with E-state index in [0.717, 1.165) is 5.56 Å². The zero-order valence-electron chi connectivity index (χ0n) is 14.6. The van der Waals surface area contributed by atoms with Crippen molar-refractivity contribution in [2.45, 2.75) is 30.7 Å². The molecule has 0 bridgehead atoms. The van der Waals surface area contributed by atoms with Gasteiger partial charge in [-0.05, 0) is 17.7 Å². The molecule has 2 amide bonds.